The van der Waals surface area contributed by atoms with Crippen LogP contribution >= 0.6 is 22.6 Å². The van der Waals surface area contributed by atoms with E-state index in [1.165, 1.54) is 19.3 Å². The summed E-state index contributed by atoms with van der Waals surface area (Å²) in [5, 5.41) is 8.67. The number of hydrogen-bond donors (Lipinski definition) is 1. The van der Waals surface area contributed by atoms with Gasteiger partial charge in [-0.2, -0.15) is 0 Å². The molecule has 0 aliphatic heterocycles. The van der Waals surface area contributed by atoms with E-state index in [-0.39, 0.29) is 12.3 Å². The van der Waals surface area contributed by atoms with Gasteiger partial charge in [0.15, 0.2) is 0 Å². The molecule has 1 aliphatic rings. The Balaban J connectivity index is 2.41. The van der Waals surface area contributed by atoms with E-state index in [1.54, 1.807) is 0 Å². The standard InChI is InChI=1S/C23H37IO4/c1-2-3-4-5-8-11-19(25)14-15-20-18(17-24)16-22(26)21(20)12-9-6-7-10-13-23(27)28/h6,9,18,20-21H,2-5,7-8,10-17H2,1H3,(H,27,28)/t18-,20-,21+/m0/s1. The number of aliphatic carboxylic acids is 1. The molecule has 0 unspecified atom stereocenters. The molecule has 1 rings (SSSR count). The zero-order valence-electron chi connectivity index (χ0n) is 17.3. The largest absolute Gasteiger partial charge is 0.481 e. The molecule has 3 atom stereocenters. The Hall–Kier alpha value is -0.720. The lowest BCUT2D eigenvalue weighted by Crippen LogP contribution is -2.19. The highest BCUT2D eigenvalue weighted by molar-refractivity contribution is 14.1. The van der Waals surface area contributed by atoms with Crippen molar-refractivity contribution in [2.24, 2.45) is 17.8 Å². The highest BCUT2D eigenvalue weighted by Crippen LogP contribution is 2.40. The maximum atomic E-state index is 12.5. The summed E-state index contributed by atoms with van der Waals surface area (Å²) in [7, 11) is 0. The van der Waals surface area contributed by atoms with Crippen LogP contribution < -0.4 is 0 Å². The first-order chi connectivity index (χ1) is 13.5. The van der Waals surface area contributed by atoms with Crippen LogP contribution in [0.3, 0.4) is 0 Å². The Bertz CT molecular complexity index is 515. The van der Waals surface area contributed by atoms with Crippen LogP contribution in [0.25, 0.3) is 0 Å². The topological polar surface area (TPSA) is 71.4 Å². The quantitative estimate of drug-likeness (QED) is 0.118. The number of ketones is 2. The fraction of sp³-hybridized carbons (Fsp3) is 0.783. The van der Waals surface area contributed by atoms with Gasteiger partial charge in [0.1, 0.15) is 11.6 Å². The second kappa shape index (κ2) is 15.2. The zero-order chi connectivity index (χ0) is 20.8. The Labute approximate surface area is 184 Å². The minimum atomic E-state index is -0.764. The van der Waals surface area contributed by atoms with Gasteiger partial charge in [-0.1, -0.05) is 67.3 Å². The third-order valence-corrected chi connectivity index (χ3v) is 6.96. The highest BCUT2D eigenvalue weighted by atomic mass is 127. The van der Waals surface area contributed by atoms with Gasteiger partial charge >= 0.3 is 5.97 Å². The van der Waals surface area contributed by atoms with E-state index in [2.05, 4.69) is 29.5 Å². The van der Waals surface area contributed by atoms with Crippen LogP contribution in [0.1, 0.15) is 90.4 Å². The molecule has 1 N–H and O–H groups in total. The van der Waals surface area contributed by atoms with Crippen LogP contribution in [-0.4, -0.2) is 27.1 Å². The van der Waals surface area contributed by atoms with Gasteiger partial charge in [0.05, 0.1) is 0 Å². The fourth-order valence-electron chi connectivity index (χ4n) is 4.15. The summed E-state index contributed by atoms with van der Waals surface area (Å²) in [4.78, 5) is 35.3. The van der Waals surface area contributed by atoms with E-state index in [9.17, 15) is 14.4 Å². The second-order valence-electron chi connectivity index (χ2n) is 8.09. The monoisotopic (exact) mass is 504 g/mol. The number of halogens is 1. The Morgan fingerprint density at radius 3 is 2.50 bits per heavy atom. The number of carbonyl (C=O) groups is 3. The third-order valence-electron chi connectivity index (χ3n) is 5.83. The number of allylic oxidation sites excluding steroid dienone is 2. The molecule has 0 bridgehead atoms. The smallest absolute Gasteiger partial charge is 0.303 e. The molecule has 0 saturated heterocycles. The highest BCUT2D eigenvalue weighted by Gasteiger charge is 2.40. The van der Waals surface area contributed by atoms with Gasteiger partial charge in [-0.25, -0.2) is 0 Å². The van der Waals surface area contributed by atoms with Crippen LogP contribution in [0, 0.1) is 17.8 Å². The second-order valence-corrected chi connectivity index (χ2v) is 8.97. The predicted octanol–water partition coefficient (Wildman–Crippen LogP) is 6.15. The van der Waals surface area contributed by atoms with Crippen LogP contribution in [0.4, 0.5) is 0 Å². The van der Waals surface area contributed by atoms with Crippen molar-refractivity contribution >= 4 is 40.1 Å². The first-order valence-corrected chi connectivity index (χ1v) is 12.5. The number of unbranched alkanes of at least 4 members (excludes halogenated alkanes) is 5. The molecule has 5 heteroatoms. The van der Waals surface area contributed by atoms with Gasteiger partial charge in [-0.05, 0) is 43.9 Å². The van der Waals surface area contributed by atoms with Gasteiger partial charge in [-0.3, -0.25) is 14.4 Å². The first kappa shape index (κ1) is 25.3. The Morgan fingerprint density at radius 1 is 1.07 bits per heavy atom. The normalized spacial score (nSPS) is 22.2. The van der Waals surface area contributed by atoms with Crippen LogP contribution in [-0.2, 0) is 14.4 Å². The zero-order valence-corrected chi connectivity index (χ0v) is 19.5. The minimum Gasteiger partial charge on any atom is -0.481 e. The van der Waals surface area contributed by atoms with Crippen molar-refractivity contribution in [3.8, 4) is 0 Å². The summed E-state index contributed by atoms with van der Waals surface area (Å²) in [6.07, 6.45) is 15.0. The molecule has 0 radical (unpaired) electrons. The molecule has 1 saturated carbocycles. The number of carbonyl (C=O) groups excluding carboxylic acids is 2. The van der Waals surface area contributed by atoms with Gasteiger partial charge in [0.25, 0.3) is 0 Å². The molecule has 0 aromatic rings. The Morgan fingerprint density at radius 2 is 1.82 bits per heavy atom. The van der Waals surface area contributed by atoms with Gasteiger partial charge in [0.2, 0.25) is 0 Å². The summed E-state index contributed by atoms with van der Waals surface area (Å²) < 4.78 is 0.970. The van der Waals surface area contributed by atoms with Crippen molar-refractivity contribution in [2.75, 3.05) is 4.43 Å². The average Bonchev–Trinajstić information content (AvgIpc) is 2.97. The molecular formula is C23H37IO4. The van der Waals surface area contributed by atoms with E-state index in [0.717, 1.165) is 36.5 Å². The maximum Gasteiger partial charge on any atom is 0.303 e. The lowest BCUT2D eigenvalue weighted by Gasteiger charge is -2.21. The average molecular weight is 504 g/mol. The van der Waals surface area contributed by atoms with Crippen molar-refractivity contribution in [1.29, 1.82) is 0 Å². The molecule has 1 fully saturated rings. The van der Waals surface area contributed by atoms with E-state index in [4.69, 9.17) is 5.11 Å². The van der Waals surface area contributed by atoms with E-state index in [1.807, 2.05) is 12.2 Å². The van der Waals surface area contributed by atoms with E-state index < -0.39 is 5.97 Å². The molecule has 0 aromatic heterocycles. The van der Waals surface area contributed by atoms with Crippen molar-refractivity contribution in [3.05, 3.63) is 12.2 Å². The molecule has 0 amide bonds. The van der Waals surface area contributed by atoms with Crippen molar-refractivity contribution in [3.63, 3.8) is 0 Å². The van der Waals surface area contributed by atoms with Crippen LogP contribution in [0.15, 0.2) is 12.2 Å². The summed E-state index contributed by atoms with van der Waals surface area (Å²) in [5.74, 6) is 0.681. The van der Waals surface area contributed by atoms with Gasteiger partial charge in [0, 0.05) is 36.0 Å². The molecule has 0 aromatic carbocycles. The molecular weight excluding hydrogens is 467 g/mol. The van der Waals surface area contributed by atoms with Crippen LogP contribution in [0.2, 0.25) is 0 Å². The number of hydrogen-bond acceptors (Lipinski definition) is 3. The number of carboxylic acid groups (broad SMARTS) is 1. The molecule has 28 heavy (non-hydrogen) atoms. The fourth-order valence-corrected chi connectivity index (χ4v) is 5.12. The van der Waals surface area contributed by atoms with Crippen molar-refractivity contribution in [2.45, 2.75) is 90.4 Å². The SMILES string of the molecule is CCCCCCCC(=O)CC[C@H]1[C@H](CI)CC(=O)[C@@H]1CC=CCCCC(=O)O. The third kappa shape index (κ3) is 10.2. The van der Waals surface area contributed by atoms with Gasteiger partial charge < -0.3 is 5.11 Å². The summed E-state index contributed by atoms with van der Waals surface area (Å²) in [5.41, 5.74) is 0. The van der Waals surface area contributed by atoms with Crippen LogP contribution in [0.5, 0.6) is 0 Å². The Kier molecular flexibility index (Phi) is 13.7. The predicted molar refractivity (Wildman–Crippen MR) is 122 cm³/mol. The molecule has 1 aliphatic carbocycles. The molecule has 160 valence electrons. The molecule has 0 spiro atoms. The van der Waals surface area contributed by atoms with Gasteiger partial charge in [-0.15, -0.1) is 0 Å². The lowest BCUT2D eigenvalue weighted by molar-refractivity contribution is -0.137. The van der Waals surface area contributed by atoms with E-state index >= 15 is 0 Å². The van der Waals surface area contributed by atoms with Crippen molar-refractivity contribution < 1.29 is 19.5 Å². The summed E-state index contributed by atoms with van der Waals surface area (Å²) in [6.45, 7) is 2.19. The lowest BCUT2D eigenvalue weighted by atomic mass is 9.83. The number of Topliss-reactive ketones (excluding diaryl/α,β-unsaturated/α-hetero) is 2. The van der Waals surface area contributed by atoms with E-state index in [0.29, 0.717) is 49.1 Å². The first-order valence-electron chi connectivity index (χ1n) is 11.0. The van der Waals surface area contributed by atoms with Crippen molar-refractivity contribution in [1.82, 2.24) is 0 Å². The number of carboxylic acids is 1. The summed E-state index contributed by atoms with van der Waals surface area (Å²) in [6, 6.07) is 0. The molecule has 0 heterocycles. The summed E-state index contributed by atoms with van der Waals surface area (Å²) >= 11 is 2.37. The maximum absolute atomic E-state index is 12.5. The number of rotatable bonds is 16. The number of alkyl halides is 1. The molecule has 4 nitrogen and oxygen atoms in total. The minimum absolute atomic E-state index is 0.0350.